The maximum absolute atomic E-state index is 6.16. The Morgan fingerprint density at radius 1 is 1.12 bits per heavy atom. The highest BCUT2D eigenvalue weighted by atomic mass is 15.3. The van der Waals surface area contributed by atoms with Gasteiger partial charge in [-0.25, -0.2) is 0 Å². The Bertz CT molecular complexity index is 219. The average Bonchev–Trinajstić information content (AvgIpc) is 2.61. The predicted octanol–water partition coefficient (Wildman–Crippen LogP) is 1.14. The lowest BCUT2D eigenvalue weighted by atomic mass is 10.0. The van der Waals surface area contributed by atoms with Gasteiger partial charge < -0.3 is 5.73 Å². The van der Waals surface area contributed by atoms with Crippen molar-refractivity contribution in [2.75, 3.05) is 26.7 Å². The first-order valence-corrected chi connectivity index (χ1v) is 6.77. The van der Waals surface area contributed by atoms with Gasteiger partial charge in [0, 0.05) is 37.8 Å². The quantitative estimate of drug-likeness (QED) is 0.765. The molecule has 2 N–H and O–H groups in total. The second-order valence-electron chi connectivity index (χ2n) is 5.94. The second kappa shape index (κ2) is 5.03. The first-order valence-electron chi connectivity index (χ1n) is 6.77. The molecule has 3 nitrogen and oxygen atoms in total. The fraction of sp³-hybridized carbons (Fsp3) is 1.00. The molecule has 1 heterocycles. The van der Waals surface area contributed by atoms with Crippen molar-refractivity contribution >= 4 is 0 Å². The molecule has 0 spiro atoms. The lowest BCUT2D eigenvalue weighted by Crippen LogP contribution is -2.56. The summed E-state index contributed by atoms with van der Waals surface area (Å²) in [6, 6.07) is 1.83. The minimum atomic E-state index is 0.463. The summed E-state index contributed by atoms with van der Waals surface area (Å²) in [5.74, 6) is 0.753. The van der Waals surface area contributed by atoms with Crippen LogP contribution in [0.15, 0.2) is 0 Å². The Hall–Kier alpha value is -0.120. The van der Waals surface area contributed by atoms with Crippen molar-refractivity contribution < 1.29 is 0 Å². The zero-order valence-corrected chi connectivity index (χ0v) is 11.0. The summed E-state index contributed by atoms with van der Waals surface area (Å²) >= 11 is 0. The number of nitrogens with two attached hydrogens (primary N) is 1. The molecule has 2 fully saturated rings. The van der Waals surface area contributed by atoms with Crippen LogP contribution in [0.4, 0.5) is 0 Å². The summed E-state index contributed by atoms with van der Waals surface area (Å²) in [5, 5.41) is 0. The molecular weight excluding hydrogens is 198 g/mol. The first kappa shape index (κ1) is 12.3. The zero-order valence-electron chi connectivity index (χ0n) is 11.0. The Balaban J connectivity index is 1.86. The van der Waals surface area contributed by atoms with Crippen molar-refractivity contribution in [1.82, 2.24) is 9.80 Å². The summed E-state index contributed by atoms with van der Waals surface area (Å²) < 4.78 is 0. The van der Waals surface area contributed by atoms with E-state index in [1.54, 1.807) is 0 Å². The second-order valence-corrected chi connectivity index (χ2v) is 5.94. The molecule has 0 aromatic rings. The van der Waals surface area contributed by atoms with Gasteiger partial charge in [0.15, 0.2) is 0 Å². The number of hydrogen-bond donors (Lipinski definition) is 1. The predicted molar refractivity (Wildman–Crippen MR) is 68.4 cm³/mol. The van der Waals surface area contributed by atoms with Crippen LogP contribution >= 0.6 is 0 Å². The van der Waals surface area contributed by atoms with E-state index in [0.29, 0.717) is 18.1 Å². The van der Waals surface area contributed by atoms with Gasteiger partial charge in [-0.1, -0.05) is 6.42 Å². The SMILES string of the molecule is CC1CN(CC2CCCC2N)CC(C)N1C. The van der Waals surface area contributed by atoms with Crippen LogP contribution in [-0.4, -0.2) is 54.6 Å². The van der Waals surface area contributed by atoms with E-state index in [1.165, 1.54) is 38.9 Å². The third-order valence-electron chi connectivity index (χ3n) is 4.65. The van der Waals surface area contributed by atoms with Gasteiger partial charge in [0.05, 0.1) is 0 Å². The minimum Gasteiger partial charge on any atom is -0.327 e. The molecule has 2 rings (SSSR count). The van der Waals surface area contributed by atoms with E-state index in [1.807, 2.05) is 0 Å². The van der Waals surface area contributed by atoms with E-state index in [4.69, 9.17) is 5.73 Å². The van der Waals surface area contributed by atoms with Gasteiger partial charge in [0.25, 0.3) is 0 Å². The molecule has 4 unspecified atom stereocenters. The molecule has 94 valence electrons. The van der Waals surface area contributed by atoms with E-state index in [0.717, 1.165) is 5.92 Å². The van der Waals surface area contributed by atoms with E-state index in [2.05, 4.69) is 30.7 Å². The van der Waals surface area contributed by atoms with Crippen LogP contribution in [-0.2, 0) is 0 Å². The normalized spacial score (nSPS) is 42.8. The van der Waals surface area contributed by atoms with Crippen LogP contribution in [0.1, 0.15) is 33.1 Å². The Kier molecular flexibility index (Phi) is 3.88. The summed E-state index contributed by atoms with van der Waals surface area (Å²) in [6.07, 6.45) is 3.92. The van der Waals surface area contributed by atoms with Crippen molar-refractivity contribution in [3.63, 3.8) is 0 Å². The Morgan fingerprint density at radius 3 is 2.25 bits per heavy atom. The summed E-state index contributed by atoms with van der Waals surface area (Å²) in [6.45, 7) is 8.31. The molecule has 16 heavy (non-hydrogen) atoms. The van der Waals surface area contributed by atoms with Crippen LogP contribution < -0.4 is 5.73 Å². The summed E-state index contributed by atoms with van der Waals surface area (Å²) in [5.41, 5.74) is 6.16. The molecule has 0 bridgehead atoms. The van der Waals surface area contributed by atoms with Crippen molar-refractivity contribution in [2.45, 2.75) is 51.2 Å². The Morgan fingerprint density at radius 2 is 1.75 bits per heavy atom. The molecule has 4 atom stereocenters. The number of piperazine rings is 1. The standard InChI is InChI=1S/C13H27N3/c1-10-7-16(8-11(2)15(10)3)9-12-5-4-6-13(12)14/h10-13H,4-9,14H2,1-3H3. The topological polar surface area (TPSA) is 32.5 Å². The highest BCUT2D eigenvalue weighted by Gasteiger charge is 2.31. The molecule has 1 aliphatic heterocycles. The molecule has 0 radical (unpaired) electrons. The van der Waals surface area contributed by atoms with E-state index in [9.17, 15) is 0 Å². The minimum absolute atomic E-state index is 0.463. The summed E-state index contributed by atoms with van der Waals surface area (Å²) in [7, 11) is 2.24. The number of nitrogens with zero attached hydrogens (tertiary/aromatic N) is 2. The first-order chi connectivity index (χ1) is 7.58. The van der Waals surface area contributed by atoms with Gasteiger partial charge in [-0.3, -0.25) is 9.80 Å². The van der Waals surface area contributed by atoms with E-state index >= 15 is 0 Å². The van der Waals surface area contributed by atoms with E-state index < -0.39 is 0 Å². The highest BCUT2D eigenvalue weighted by Crippen LogP contribution is 2.26. The van der Waals surface area contributed by atoms with Crippen LogP contribution in [0.5, 0.6) is 0 Å². The summed E-state index contributed by atoms with van der Waals surface area (Å²) in [4.78, 5) is 5.12. The number of hydrogen-bond acceptors (Lipinski definition) is 3. The molecule has 3 heteroatoms. The van der Waals surface area contributed by atoms with Gasteiger partial charge in [0.1, 0.15) is 0 Å². The van der Waals surface area contributed by atoms with E-state index in [-0.39, 0.29) is 0 Å². The molecule has 0 aromatic heterocycles. The average molecular weight is 225 g/mol. The van der Waals surface area contributed by atoms with Crippen LogP contribution in [0.2, 0.25) is 0 Å². The molecule has 2 aliphatic rings. The lowest BCUT2D eigenvalue weighted by Gasteiger charge is -2.43. The Labute approximate surface area is 100.0 Å². The maximum atomic E-state index is 6.16. The number of likely N-dealkylation sites (N-methyl/N-ethyl adjacent to an activating group) is 1. The molecule has 1 saturated heterocycles. The largest absolute Gasteiger partial charge is 0.327 e. The molecule has 1 aliphatic carbocycles. The van der Waals surface area contributed by atoms with Gasteiger partial charge in [-0.15, -0.1) is 0 Å². The van der Waals surface area contributed by atoms with Crippen LogP contribution in [0, 0.1) is 5.92 Å². The number of rotatable bonds is 2. The smallest absolute Gasteiger partial charge is 0.0195 e. The van der Waals surface area contributed by atoms with Gasteiger partial charge in [-0.05, 0) is 39.7 Å². The maximum Gasteiger partial charge on any atom is 0.0195 e. The lowest BCUT2D eigenvalue weighted by molar-refractivity contribution is 0.0498. The van der Waals surface area contributed by atoms with Crippen molar-refractivity contribution in [3.8, 4) is 0 Å². The zero-order chi connectivity index (χ0) is 11.7. The monoisotopic (exact) mass is 225 g/mol. The van der Waals surface area contributed by atoms with Gasteiger partial charge in [0.2, 0.25) is 0 Å². The third-order valence-corrected chi connectivity index (χ3v) is 4.65. The van der Waals surface area contributed by atoms with Gasteiger partial charge >= 0.3 is 0 Å². The molecule has 0 amide bonds. The fourth-order valence-corrected chi connectivity index (χ4v) is 3.29. The van der Waals surface area contributed by atoms with Crippen molar-refractivity contribution in [3.05, 3.63) is 0 Å². The third kappa shape index (κ3) is 2.58. The van der Waals surface area contributed by atoms with Crippen LogP contribution in [0.25, 0.3) is 0 Å². The highest BCUT2D eigenvalue weighted by molar-refractivity contribution is 4.87. The molecular formula is C13H27N3. The van der Waals surface area contributed by atoms with Crippen molar-refractivity contribution in [2.24, 2.45) is 11.7 Å². The fourth-order valence-electron chi connectivity index (χ4n) is 3.29. The van der Waals surface area contributed by atoms with Crippen molar-refractivity contribution in [1.29, 1.82) is 0 Å². The van der Waals surface area contributed by atoms with Gasteiger partial charge in [-0.2, -0.15) is 0 Å². The van der Waals surface area contributed by atoms with Crippen LogP contribution in [0.3, 0.4) is 0 Å². The molecule has 1 saturated carbocycles. The molecule has 0 aromatic carbocycles.